The highest BCUT2D eigenvalue weighted by Crippen LogP contribution is 2.50. The zero-order chi connectivity index (χ0) is 35.2. The van der Waals surface area contributed by atoms with E-state index in [-0.39, 0.29) is 16.2 Å². The van der Waals surface area contributed by atoms with Gasteiger partial charge in [-0.15, -0.1) is 0 Å². The molecule has 1 unspecified atom stereocenters. The zero-order valence-electron chi connectivity index (χ0n) is 31.5. The number of hydrogen-bond acceptors (Lipinski definition) is 5. The Balaban J connectivity index is 1.35. The van der Waals surface area contributed by atoms with Crippen LogP contribution in [0.1, 0.15) is 78.0 Å². The molecule has 0 spiro atoms. The Morgan fingerprint density at radius 1 is 0.673 bits per heavy atom. The van der Waals surface area contributed by atoms with Gasteiger partial charge < -0.3 is 18.3 Å². The Kier molecular flexibility index (Phi) is 9.77. The Bertz CT molecular complexity index is 1780. The lowest BCUT2D eigenvalue weighted by atomic mass is 9.86. The quantitative estimate of drug-likeness (QED) is 0.163. The monoisotopic (exact) mass is 695 g/mol. The van der Waals surface area contributed by atoms with Crippen molar-refractivity contribution >= 4 is 27.4 Å². The topological polar surface area (TPSA) is 40.2 Å². The van der Waals surface area contributed by atoms with Crippen LogP contribution in [0.3, 0.4) is 0 Å². The van der Waals surface area contributed by atoms with E-state index < -0.39 is 16.6 Å². The summed E-state index contributed by atoms with van der Waals surface area (Å²) in [5, 5.41) is 2.56. The lowest BCUT2D eigenvalue weighted by Crippen LogP contribution is -2.43. The van der Waals surface area contributed by atoms with E-state index in [1.165, 1.54) is 48.9 Å². The van der Waals surface area contributed by atoms with Crippen LogP contribution >= 0.6 is 0 Å². The van der Waals surface area contributed by atoms with E-state index in [1.807, 2.05) is 0 Å². The molecule has 0 aromatic heterocycles. The Morgan fingerprint density at radius 2 is 1.24 bits per heavy atom. The second kappa shape index (κ2) is 13.5. The molecule has 1 fully saturated rings. The standard InChI is InChI=1S/C42H57NO4Si2/c1-41(2,3)48(7,8)46-33-19-22-35-31(28-33)16-21-37-36-23-20-34(47-49(9,10)42(4,5)6)29-38(36)45-40(39(35)37)30-14-17-32(18-15-30)44-27-26-43-24-12-11-13-25-43/h14-23,28-29,40H,11-13,24-27H2,1-10H3. The van der Waals surface area contributed by atoms with E-state index in [1.54, 1.807) is 0 Å². The maximum Gasteiger partial charge on any atom is 0.250 e. The van der Waals surface area contributed by atoms with Gasteiger partial charge >= 0.3 is 0 Å². The lowest BCUT2D eigenvalue weighted by molar-refractivity contribution is 0.183. The van der Waals surface area contributed by atoms with Gasteiger partial charge in [0.15, 0.2) is 6.10 Å². The molecule has 262 valence electrons. The summed E-state index contributed by atoms with van der Waals surface area (Å²) < 4.78 is 26.7. The zero-order valence-corrected chi connectivity index (χ0v) is 33.5. The van der Waals surface area contributed by atoms with E-state index in [0.29, 0.717) is 6.61 Å². The van der Waals surface area contributed by atoms with E-state index in [2.05, 4.69) is 145 Å². The van der Waals surface area contributed by atoms with Crippen LogP contribution in [0.2, 0.25) is 36.3 Å². The van der Waals surface area contributed by atoms with Crippen molar-refractivity contribution in [2.24, 2.45) is 0 Å². The van der Waals surface area contributed by atoms with Crippen molar-refractivity contribution in [3.63, 3.8) is 0 Å². The third kappa shape index (κ3) is 7.59. The first kappa shape index (κ1) is 35.6. The molecular formula is C42H57NO4Si2. The minimum atomic E-state index is -2.02. The number of benzene rings is 4. The Labute approximate surface area is 297 Å². The van der Waals surface area contributed by atoms with Crippen LogP contribution in [0.5, 0.6) is 23.0 Å². The molecule has 0 N–H and O–H groups in total. The molecule has 6 rings (SSSR count). The molecule has 4 aromatic rings. The molecule has 2 aliphatic heterocycles. The molecule has 5 nitrogen and oxygen atoms in total. The van der Waals surface area contributed by atoms with E-state index in [9.17, 15) is 0 Å². The summed E-state index contributed by atoms with van der Waals surface area (Å²) in [6.07, 6.45) is 3.65. The number of hydrogen-bond donors (Lipinski definition) is 0. The summed E-state index contributed by atoms with van der Waals surface area (Å²) in [5.41, 5.74) is 4.56. The summed E-state index contributed by atoms with van der Waals surface area (Å²) in [6.45, 7) is 26.9. The number of piperidine rings is 1. The molecule has 7 heteroatoms. The second-order valence-electron chi connectivity index (χ2n) is 17.1. The fraction of sp³-hybridized carbons (Fsp3) is 0.476. The maximum absolute atomic E-state index is 7.01. The molecule has 2 aliphatic rings. The average molecular weight is 696 g/mol. The third-order valence-electron chi connectivity index (χ3n) is 11.4. The summed E-state index contributed by atoms with van der Waals surface area (Å²) >= 11 is 0. The van der Waals surface area contributed by atoms with Crippen molar-refractivity contribution in [1.82, 2.24) is 4.90 Å². The first-order valence-electron chi connectivity index (χ1n) is 18.2. The number of fused-ring (bicyclic) bond motifs is 5. The number of likely N-dealkylation sites (tertiary alicyclic amines) is 1. The van der Waals surface area contributed by atoms with Crippen LogP contribution < -0.4 is 18.3 Å². The van der Waals surface area contributed by atoms with Gasteiger partial charge in [-0.05, 0) is 120 Å². The molecule has 0 saturated carbocycles. The molecule has 0 radical (unpaired) electrons. The number of rotatable bonds is 9. The lowest BCUT2D eigenvalue weighted by Gasteiger charge is -2.37. The van der Waals surface area contributed by atoms with Gasteiger partial charge in [-0.2, -0.15) is 0 Å². The largest absolute Gasteiger partial charge is 0.543 e. The fourth-order valence-corrected chi connectivity index (χ4v) is 8.37. The van der Waals surface area contributed by atoms with Crippen molar-refractivity contribution in [2.45, 2.75) is 103 Å². The predicted octanol–water partition coefficient (Wildman–Crippen LogP) is 11.6. The van der Waals surface area contributed by atoms with Gasteiger partial charge in [0.2, 0.25) is 16.6 Å². The highest BCUT2D eigenvalue weighted by Gasteiger charge is 2.40. The van der Waals surface area contributed by atoms with Gasteiger partial charge in [-0.1, -0.05) is 78.3 Å². The van der Waals surface area contributed by atoms with Gasteiger partial charge in [-0.3, -0.25) is 4.90 Å². The molecule has 0 bridgehead atoms. The normalized spacial score (nSPS) is 17.2. The number of ether oxygens (including phenoxy) is 2. The fourth-order valence-electron chi connectivity index (χ4n) is 6.33. The minimum absolute atomic E-state index is 0.0998. The Morgan fingerprint density at radius 3 is 1.88 bits per heavy atom. The molecule has 0 aliphatic carbocycles. The maximum atomic E-state index is 7.01. The van der Waals surface area contributed by atoms with Crippen LogP contribution in [0.4, 0.5) is 0 Å². The predicted molar refractivity (Wildman–Crippen MR) is 210 cm³/mol. The van der Waals surface area contributed by atoms with Crippen LogP contribution in [-0.4, -0.2) is 47.8 Å². The van der Waals surface area contributed by atoms with Gasteiger partial charge in [0.25, 0.3) is 0 Å². The van der Waals surface area contributed by atoms with Crippen LogP contribution in [-0.2, 0) is 0 Å². The molecule has 1 saturated heterocycles. The molecular weight excluding hydrogens is 639 g/mol. The third-order valence-corrected chi connectivity index (χ3v) is 20.2. The number of nitrogens with zero attached hydrogens (tertiary/aromatic N) is 1. The van der Waals surface area contributed by atoms with Crippen LogP contribution in [0, 0.1) is 0 Å². The molecule has 2 heterocycles. The first-order valence-corrected chi connectivity index (χ1v) is 24.0. The first-order chi connectivity index (χ1) is 23.0. The summed E-state index contributed by atoms with van der Waals surface area (Å²) in [7, 11) is -4.01. The molecule has 0 amide bonds. The summed E-state index contributed by atoms with van der Waals surface area (Å²) in [6, 6.07) is 26.0. The smallest absolute Gasteiger partial charge is 0.250 e. The second-order valence-corrected chi connectivity index (χ2v) is 26.6. The van der Waals surface area contributed by atoms with E-state index in [0.717, 1.165) is 46.1 Å². The summed E-state index contributed by atoms with van der Waals surface area (Å²) in [5.74, 6) is 3.56. The summed E-state index contributed by atoms with van der Waals surface area (Å²) in [4.78, 5) is 2.51. The minimum Gasteiger partial charge on any atom is -0.543 e. The molecule has 49 heavy (non-hydrogen) atoms. The highest BCUT2D eigenvalue weighted by atomic mass is 28.4. The highest BCUT2D eigenvalue weighted by molar-refractivity contribution is 6.75. The van der Waals surface area contributed by atoms with Gasteiger partial charge in [0, 0.05) is 23.7 Å². The van der Waals surface area contributed by atoms with E-state index in [4.69, 9.17) is 18.3 Å². The van der Waals surface area contributed by atoms with Crippen molar-refractivity contribution in [3.8, 4) is 34.1 Å². The van der Waals surface area contributed by atoms with Crippen molar-refractivity contribution in [1.29, 1.82) is 0 Å². The molecule has 4 aromatic carbocycles. The van der Waals surface area contributed by atoms with Crippen LogP contribution in [0.25, 0.3) is 21.9 Å². The molecule has 1 atom stereocenters. The van der Waals surface area contributed by atoms with Crippen LogP contribution in [0.15, 0.2) is 72.8 Å². The van der Waals surface area contributed by atoms with Gasteiger partial charge in [0.05, 0.1) is 0 Å². The Hall–Kier alpha value is -3.27. The van der Waals surface area contributed by atoms with Gasteiger partial charge in [-0.25, -0.2) is 0 Å². The van der Waals surface area contributed by atoms with Crippen molar-refractivity contribution in [3.05, 3.63) is 83.9 Å². The SMILES string of the molecule is CC(C)(C)[Si](C)(C)Oc1ccc2c(c1)OC(c1ccc(OCCN3CCCCC3)cc1)c1c-2ccc2cc(O[Si](C)(C)C(C)(C)C)ccc12. The van der Waals surface area contributed by atoms with Gasteiger partial charge in [0.1, 0.15) is 29.6 Å². The van der Waals surface area contributed by atoms with E-state index >= 15 is 0 Å². The van der Waals surface area contributed by atoms with Crippen molar-refractivity contribution < 1.29 is 18.3 Å². The average Bonchev–Trinajstić information content (AvgIpc) is 3.03. The van der Waals surface area contributed by atoms with Crippen molar-refractivity contribution in [2.75, 3.05) is 26.2 Å².